The Labute approximate surface area is 141 Å². The predicted molar refractivity (Wildman–Crippen MR) is 88.1 cm³/mol. The van der Waals surface area contributed by atoms with E-state index in [0.717, 1.165) is 17.0 Å². The molecule has 23 heavy (non-hydrogen) atoms. The second-order valence-electron chi connectivity index (χ2n) is 4.48. The molecule has 2 heterocycles. The van der Waals surface area contributed by atoms with Crippen molar-refractivity contribution in [1.82, 2.24) is 4.98 Å². The highest BCUT2D eigenvalue weighted by atomic mass is 32.2. The molecule has 0 saturated carbocycles. The Kier molecular flexibility index (Phi) is 4.56. The molecule has 0 aliphatic rings. The number of aromatic nitrogens is 1. The quantitative estimate of drug-likeness (QED) is 0.490. The normalized spacial score (nSPS) is 11.7. The number of thiophene rings is 1. The highest BCUT2D eigenvalue weighted by molar-refractivity contribution is 8.00. The first-order chi connectivity index (χ1) is 11.0. The molecule has 0 amide bonds. The van der Waals surface area contributed by atoms with Crippen LogP contribution >= 0.6 is 23.1 Å². The van der Waals surface area contributed by atoms with Crippen LogP contribution in [-0.4, -0.2) is 19.2 Å². The molecule has 3 rings (SSSR count). The number of hydrogen-bond donors (Lipinski definition) is 0. The average Bonchev–Trinajstić information content (AvgIpc) is 3.17. The number of halogens is 1. The van der Waals surface area contributed by atoms with Gasteiger partial charge in [-0.2, -0.15) is 4.98 Å². The topological polar surface area (TPSA) is 60.2 Å². The van der Waals surface area contributed by atoms with Gasteiger partial charge in [0, 0.05) is 0 Å². The maximum absolute atomic E-state index is 13.0. The van der Waals surface area contributed by atoms with Crippen molar-refractivity contribution in [2.24, 2.45) is 0 Å². The van der Waals surface area contributed by atoms with Gasteiger partial charge in [-0.05, 0) is 41.5 Å². The summed E-state index contributed by atoms with van der Waals surface area (Å²) in [5, 5.41) is 1.99. The summed E-state index contributed by atoms with van der Waals surface area (Å²) in [5.74, 6) is 0.425. The fourth-order valence-electron chi connectivity index (χ4n) is 1.92. The molecule has 2 aromatic heterocycles. The van der Waals surface area contributed by atoms with Gasteiger partial charge in [0.25, 0.3) is 0 Å². The lowest BCUT2D eigenvalue weighted by Gasteiger charge is -2.02. The lowest BCUT2D eigenvalue weighted by Crippen LogP contribution is -2.04. The van der Waals surface area contributed by atoms with Crippen molar-refractivity contribution < 1.29 is 17.2 Å². The lowest BCUT2D eigenvalue weighted by atomic mass is 10.4. The average molecular weight is 369 g/mol. The summed E-state index contributed by atoms with van der Waals surface area (Å²) in [7, 11) is -3.87. The monoisotopic (exact) mass is 369 g/mol. The van der Waals surface area contributed by atoms with Gasteiger partial charge in [-0.3, -0.25) is 0 Å². The van der Waals surface area contributed by atoms with Gasteiger partial charge in [-0.25, -0.2) is 12.8 Å². The highest BCUT2D eigenvalue weighted by Crippen LogP contribution is 2.35. The van der Waals surface area contributed by atoms with E-state index in [2.05, 4.69) is 4.98 Å². The minimum absolute atomic E-state index is 0.0112. The minimum atomic E-state index is -3.87. The predicted octanol–water partition coefficient (Wildman–Crippen LogP) is 4.49. The van der Waals surface area contributed by atoms with Gasteiger partial charge < -0.3 is 4.42 Å². The Morgan fingerprint density at radius 2 is 2.00 bits per heavy atom. The first kappa shape index (κ1) is 16.2. The molecule has 0 aliphatic heterocycles. The third-order valence-corrected chi connectivity index (χ3v) is 6.45. The Morgan fingerprint density at radius 1 is 1.26 bits per heavy atom. The molecule has 0 saturated heterocycles. The van der Waals surface area contributed by atoms with E-state index in [-0.39, 0.29) is 20.9 Å². The van der Waals surface area contributed by atoms with Crippen LogP contribution in [0, 0.1) is 5.82 Å². The lowest BCUT2D eigenvalue weighted by molar-refractivity contribution is 0.471. The van der Waals surface area contributed by atoms with Gasteiger partial charge in [0.2, 0.25) is 25.8 Å². The molecule has 0 aliphatic carbocycles. The molecule has 0 radical (unpaired) electrons. The Balaban J connectivity index is 2.12. The first-order valence-corrected chi connectivity index (χ1v) is 10.1. The molecule has 0 unspecified atom stereocenters. The van der Waals surface area contributed by atoms with E-state index in [4.69, 9.17) is 4.42 Å². The van der Waals surface area contributed by atoms with Crippen molar-refractivity contribution in [3.05, 3.63) is 47.6 Å². The zero-order valence-corrected chi connectivity index (χ0v) is 14.5. The highest BCUT2D eigenvalue weighted by Gasteiger charge is 2.28. The summed E-state index contributed by atoms with van der Waals surface area (Å²) in [6, 6.07) is 8.32. The van der Waals surface area contributed by atoms with Crippen molar-refractivity contribution in [3.8, 4) is 10.8 Å². The van der Waals surface area contributed by atoms with E-state index in [9.17, 15) is 12.8 Å². The van der Waals surface area contributed by atoms with Crippen molar-refractivity contribution in [2.45, 2.75) is 21.9 Å². The number of rotatable bonds is 5. The molecule has 4 nitrogen and oxygen atoms in total. The number of oxazole rings is 1. The molecule has 3 aromatic rings. The molecule has 1 aromatic carbocycles. The minimum Gasteiger partial charge on any atom is -0.428 e. The number of benzene rings is 1. The zero-order chi connectivity index (χ0) is 16.4. The van der Waals surface area contributed by atoms with Crippen LogP contribution in [0.15, 0.2) is 61.2 Å². The Bertz CT molecular complexity index is 900. The Morgan fingerprint density at radius 3 is 2.61 bits per heavy atom. The molecule has 120 valence electrons. The van der Waals surface area contributed by atoms with Crippen molar-refractivity contribution in [2.75, 3.05) is 5.75 Å². The molecular weight excluding hydrogens is 357 g/mol. The maximum atomic E-state index is 13.0. The first-order valence-electron chi connectivity index (χ1n) is 6.70. The van der Waals surface area contributed by atoms with Gasteiger partial charge >= 0.3 is 0 Å². The Hall–Kier alpha value is -1.64. The number of thioether (sulfide) groups is 1. The van der Waals surface area contributed by atoms with Crippen LogP contribution in [0.25, 0.3) is 10.8 Å². The van der Waals surface area contributed by atoms with Gasteiger partial charge in [-0.15, -0.1) is 11.3 Å². The van der Waals surface area contributed by atoms with E-state index in [1.165, 1.54) is 35.2 Å². The summed E-state index contributed by atoms with van der Waals surface area (Å²) < 4.78 is 44.2. The SMILES string of the molecule is CCSc1oc(-c2cccs2)nc1S(=O)(=O)c1ccc(F)cc1. The smallest absolute Gasteiger partial charge is 0.238 e. The van der Waals surface area contributed by atoms with Crippen molar-refractivity contribution in [1.29, 1.82) is 0 Å². The second kappa shape index (κ2) is 6.46. The van der Waals surface area contributed by atoms with Gasteiger partial charge in [0.1, 0.15) is 5.82 Å². The molecule has 0 N–H and O–H groups in total. The summed E-state index contributed by atoms with van der Waals surface area (Å²) in [4.78, 5) is 4.93. The van der Waals surface area contributed by atoms with E-state index < -0.39 is 15.7 Å². The van der Waals surface area contributed by atoms with Crippen LogP contribution in [0.3, 0.4) is 0 Å². The molecule has 0 bridgehead atoms. The fourth-order valence-corrected chi connectivity index (χ4v) is 4.82. The van der Waals surface area contributed by atoms with Crippen LogP contribution in [0.2, 0.25) is 0 Å². The third-order valence-electron chi connectivity index (χ3n) is 2.95. The maximum Gasteiger partial charge on any atom is 0.238 e. The zero-order valence-electron chi connectivity index (χ0n) is 12.0. The van der Waals surface area contributed by atoms with Gasteiger partial charge in [0.05, 0.1) is 9.77 Å². The standard InChI is InChI=1S/C15H12FNO3S3/c1-2-21-15-14(17-13(20-15)12-4-3-9-22-12)23(18,19)11-7-5-10(16)6-8-11/h3-9H,2H2,1H3. The van der Waals surface area contributed by atoms with Crippen LogP contribution < -0.4 is 0 Å². The third kappa shape index (κ3) is 3.19. The summed E-state index contributed by atoms with van der Waals surface area (Å²) >= 11 is 2.68. The molecule has 0 atom stereocenters. The van der Waals surface area contributed by atoms with E-state index >= 15 is 0 Å². The summed E-state index contributed by atoms with van der Waals surface area (Å²) in [5.41, 5.74) is 0. The van der Waals surface area contributed by atoms with Crippen molar-refractivity contribution >= 4 is 32.9 Å². The summed E-state index contributed by atoms with van der Waals surface area (Å²) in [6.45, 7) is 1.90. The van der Waals surface area contributed by atoms with Crippen LogP contribution in [0.1, 0.15) is 6.92 Å². The van der Waals surface area contributed by atoms with E-state index in [0.29, 0.717) is 5.75 Å². The van der Waals surface area contributed by atoms with E-state index in [1.54, 1.807) is 0 Å². The van der Waals surface area contributed by atoms with Crippen LogP contribution in [0.4, 0.5) is 4.39 Å². The number of hydrogen-bond acceptors (Lipinski definition) is 6. The largest absolute Gasteiger partial charge is 0.428 e. The van der Waals surface area contributed by atoms with Crippen LogP contribution in [0.5, 0.6) is 0 Å². The van der Waals surface area contributed by atoms with Gasteiger partial charge in [-0.1, -0.05) is 24.8 Å². The van der Waals surface area contributed by atoms with Gasteiger partial charge in [0.15, 0.2) is 0 Å². The second-order valence-corrected chi connectivity index (χ2v) is 8.53. The van der Waals surface area contributed by atoms with Crippen molar-refractivity contribution in [3.63, 3.8) is 0 Å². The number of nitrogens with zero attached hydrogens (tertiary/aromatic N) is 1. The molecular formula is C15H12FNO3S3. The number of sulfone groups is 1. The molecule has 0 spiro atoms. The summed E-state index contributed by atoms with van der Waals surface area (Å²) in [6.07, 6.45) is 0. The van der Waals surface area contributed by atoms with E-state index in [1.807, 2.05) is 24.4 Å². The van der Waals surface area contributed by atoms with Crippen LogP contribution in [-0.2, 0) is 9.84 Å². The molecule has 0 fully saturated rings. The fraction of sp³-hybridized carbons (Fsp3) is 0.133. The molecule has 8 heteroatoms.